The van der Waals surface area contributed by atoms with Gasteiger partial charge in [0, 0.05) is 28.8 Å². The third kappa shape index (κ3) is 4.67. The highest BCUT2D eigenvalue weighted by atomic mass is 35.5. The van der Waals surface area contributed by atoms with E-state index >= 15 is 0 Å². The third-order valence-corrected chi connectivity index (χ3v) is 6.66. The topological polar surface area (TPSA) is 159 Å². The second kappa shape index (κ2) is 8.46. The number of benzene rings is 2. The van der Waals surface area contributed by atoms with Crippen LogP contribution in [-0.2, 0) is 10.0 Å². The minimum atomic E-state index is -4.13. The zero-order chi connectivity index (χ0) is 23.9. The van der Waals surface area contributed by atoms with Gasteiger partial charge in [0.1, 0.15) is 10.6 Å². The van der Waals surface area contributed by atoms with E-state index in [1.807, 2.05) is 0 Å². The minimum absolute atomic E-state index is 0.00258. The van der Waals surface area contributed by atoms with Crippen LogP contribution in [0, 0.1) is 17.0 Å². The van der Waals surface area contributed by atoms with Crippen LogP contribution in [0.5, 0.6) is 11.6 Å². The van der Waals surface area contributed by atoms with Gasteiger partial charge in [0.05, 0.1) is 10.6 Å². The Morgan fingerprint density at radius 1 is 1.30 bits per heavy atom. The van der Waals surface area contributed by atoms with Crippen LogP contribution in [0.3, 0.4) is 0 Å². The predicted molar refractivity (Wildman–Crippen MR) is 118 cm³/mol. The lowest BCUT2D eigenvalue weighted by atomic mass is 10.2. The standard InChI is InChI=1S/C20H18ClN5O6S/c1-11-18(19(22)27)23-25(14-4-2-3-12(21)9-14)20(11)32-16-8-7-15(26(28)29)10-17(16)33(30,31)24-13-5-6-13/h2-4,7-10,13,24H,5-6H2,1H3,(H2,22,27). The number of rotatable bonds is 8. The van der Waals surface area contributed by atoms with Gasteiger partial charge in [-0.15, -0.1) is 0 Å². The van der Waals surface area contributed by atoms with Crippen molar-refractivity contribution in [3.8, 4) is 17.3 Å². The number of carbonyl (C=O) groups is 1. The molecule has 0 unspecified atom stereocenters. The van der Waals surface area contributed by atoms with Gasteiger partial charge in [-0.1, -0.05) is 17.7 Å². The van der Waals surface area contributed by atoms with Crippen LogP contribution in [0.1, 0.15) is 28.9 Å². The van der Waals surface area contributed by atoms with Crippen molar-refractivity contribution >= 4 is 33.2 Å². The maximum absolute atomic E-state index is 12.9. The molecule has 1 aliphatic carbocycles. The fraction of sp³-hybridized carbons (Fsp3) is 0.200. The Labute approximate surface area is 193 Å². The molecule has 0 radical (unpaired) electrons. The highest BCUT2D eigenvalue weighted by molar-refractivity contribution is 7.89. The van der Waals surface area contributed by atoms with Crippen molar-refractivity contribution < 1.29 is 22.9 Å². The van der Waals surface area contributed by atoms with Gasteiger partial charge in [-0.25, -0.2) is 13.1 Å². The van der Waals surface area contributed by atoms with E-state index in [2.05, 4.69) is 9.82 Å². The number of sulfonamides is 1. The SMILES string of the molecule is Cc1c(C(N)=O)nn(-c2cccc(Cl)c2)c1Oc1ccc([N+](=O)[O-])cc1S(=O)(=O)NC1CC1. The number of nitrogens with two attached hydrogens (primary N) is 1. The molecule has 0 saturated heterocycles. The van der Waals surface area contributed by atoms with E-state index < -0.39 is 31.4 Å². The van der Waals surface area contributed by atoms with Crippen LogP contribution >= 0.6 is 11.6 Å². The van der Waals surface area contributed by atoms with E-state index in [-0.39, 0.29) is 28.9 Å². The number of nitro groups is 1. The Kier molecular flexibility index (Phi) is 5.82. The number of hydrogen-bond donors (Lipinski definition) is 2. The predicted octanol–water partition coefficient (Wildman–Crippen LogP) is 3.07. The zero-order valence-electron chi connectivity index (χ0n) is 17.2. The molecule has 3 N–H and O–H groups in total. The normalized spacial score (nSPS) is 13.6. The molecule has 11 nitrogen and oxygen atoms in total. The average Bonchev–Trinajstić information content (AvgIpc) is 3.49. The van der Waals surface area contributed by atoms with Crippen LogP contribution in [-0.4, -0.2) is 35.1 Å². The second-order valence-corrected chi connectivity index (χ2v) is 9.54. The summed E-state index contributed by atoms with van der Waals surface area (Å²) in [5.41, 5.74) is 5.60. The van der Waals surface area contributed by atoms with Gasteiger partial charge in [0.25, 0.3) is 11.6 Å². The summed E-state index contributed by atoms with van der Waals surface area (Å²) in [6, 6.07) is 9.50. The maximum Gasteiger partial charge on any atom is 0.271 e. The summed E-state index contributed by atoms with van der Waals surface area (Å²) in [5, 5.41) is 15.8. The Balaban J connectivity index is 1.87. The van der Waals surface area contributed by atoms with Gasteiger partial charge in [0.15, 0.2) is 5.69 Å². The van der Waals surface area contributed by atoms with E-state index in [1.165, 1.54) is 17.7 Å². The largest absolute Gasteiger partial charge is 0.437 e. The first-order chi connectivity index (χ1) is 15.6. The molecule has 0 atom stereocenters. The number of nitro benzene ring substituents is 1. The molecular weight excluding hydrogens is 474 g/mol. The first-order valence-corrected chi connectivity index (χ1v) is 11.6. The first kappa shape index (κ1) is 22.7. The van der Waals surface area contributed by atoms with Crippen molar-refractivity contribution in [2.24, 2.45) is 5.73 Å². The van der Waals surface area contributed by atoms with Gasteiger partial charge < -0.3 is 10.5 Å². The fourth-order valence-electron chi connectivity index (χ4n) is 3.11. The maximum atomic E-state index is 12.9. The van der Waals surface area contributed by atoms with E-state index in [1.54, 1.807) is 24.3 Å². The number of primary amides is 1. The molecule has 1 amide bonds. The van der Waals surface area contributed by atoms with Crippen molar-refractivity contribution in [1.82, 2.24) is 14.5 Å². The number of amides is 1. The second-order valence-electron chi connectivity index (χ2n) is 7.42. The van der Waals surface area contributed by atoms with E-state index in [0.29, 0.717) is 23.6 Å². The highest BCUT2D eigenvalue weighted by Crippen LogP contribution is 2.36. The molecule has 1 heterocycles. The van der Waals surface area contributed by atoms with Crippen LogP contribution in [0.2, 0.25) is 5.02 Å². The molecule has 0 aliphatic heterocycles. The summed E-state index contributed by atoms with van der Waals surface area (Å²) >= 11 is 6.08. The number of nitrogens with zero attached hydrogens (tertiary/aromatic N) is 3. The van der Waals surface area contributed by atoms with Crippen molar-refractivity contribution in [1.29, 1.82) is 0 Å². The van der Waals surface area contributed by atoms with E-state index in [9.17, 15) is 23.3 Å². The van der Waals surface area contributed by atoms with Crippen molar-refractivity contribution in [3.63, 3.8) is 0 Å². The van der Waals surface area contributed by atoms with Gasteiger partial charge in [0.2, 0.25) is 15.9 Å². The summed E-state index contributed by atoms with van der Waals surface area (Å²) in [5.74, 6) is -0.996. The van der Waals surface area contributed by atoms with Crippen LogP contribution < -0.4 is 15.2 Å². The fourth-order valence-corrected chi connectivity index (χ4v) is 4.75. The third-order valence-electron chi connectivity index (χ3n) is 4.89. The molecule has 33 heavy (non-hydrogen) atoms. The Hall–Kier alpha value is -3.48. The zero-order valence-corrected chi connectivity index (χ0v) is 18.8. The Morgan fingerprint density at radius 2 is 2.03 bits per heavy atom. The summed E-state index contributed by atoms with van der Waals surface area (Å²) in [6.07, 6.45) is 1.35. The van der Waals surface area contributed by atoms with Crippen molar-refractivity contribution in [3.05, 3.63) is 68.9 Å². The van der Waals surface area contributed by atoms with Crippen LogP contribution in [0.25, 0.3) is 5.69 Å². The van der Waals surface area contributed by atoms with Crippen LogP contribution in [0.4, 0.5) is 5.69 Å². The molecule has 1 fully saturated rings. The summed E-state index contributed by atoms with van der Waals surface area (Å²) in [4.78, 5) is 22.0. The molecule has 1 aromatic heterocycles. The summed E-state index contributed by atoms with van der Waals surface area (Å²) < 4.78 is 35.5. The molecular formula is C20H18ClN5O6S. The van der Waals surface area contributed by atoms with Gasteiger partial charge in [-0.2, -0.15) is 9.78 Å². The van der Waals surface area contributed by atoms with E-state index in [0.717, 1.165) is 12.1 Å². The van der Waals surface area contributed by atoms with Gasteiger partial charge in [-0.3, -0.25) is 14.9 Å². The summed E-state index contributed by atoms with van der Waals surface area (Å²) in [6.45, 7) is 1.53. The van der Waals surface area contributed by atoms with E-state index in [4.69, 9.17) is 22.1 Å². The van der Waals surface area contributed by atoms with Gasteiger partial charge in [-0.05, 0) is 44.0 Å². The molecule has 3 aromatic rings. The number of hydrogen-bond acceptors (Lipinski definition) is 7. The molecule has 0 bridgehead atoms. The van der Waals surface area contributed by atoms with Crippen LogP contribution in [0.15, 0.2) is 47.4 Å². The lowest BCUT2D eigenvalue weighted by molar-refractivity contribution is -0.385. The van der Waals surface area contributed by atoms with Gasteiger partial charge >= 0.3 is 0 Å². The monoisotopic (exact) mass is 491 g/mol. The van der Waals surface area contributed by atoms with Crippen molar-refractivity contribution in [2.75, 3.05) is 0 Å². The number of ether oxygens (including phenoxy) is 1. The average molecular weight is 492 g/mol. The molecule has 13 heteroatoms. The lowest BCUT2D eigenvalue weighted by Gasteiger charge is -2.14. The van der Waals surface area contributed by atoms with Crippen molar-refractivity contribution in [2.45, 2.75) is 30.7 Å². The smallest absolute Gasteiger partial charge is 0.271 e. The molecule has 1 saturated carbocycles. The highest BCUT2D eigenvalue weighted by Gasteiger charge is 2.32. The lowest BCUT2D eigenvalue weighted by Crippen LogP contribution is -2.26. The number of non-ortho nitro benzene ring substituents is 1. The molecule has 0 spiro atoms. The Morgan fingerprint density at radius 3 is 2.64 bits per heavy atom. The number of carbonyl (C=O) groups excluding carboxylic acids is 1. The quantitative estimate of drug-likeness (QED) is 0.361. The molecule has 2 aromatic carbocycles. The first-order valence-electron chi connectivity index (χ1n) is 9.71. The summed E-state index contributed by atoms with van der Waals surface area (Å²) in [7, 11) is -4.13. The minimum Gasteiger partial charge on any atom is -0.437 e. The molecule has 172 valence electrons. The Bertz CT molecular complexity index is 1380. The number of aromatic nitrogens is 2. The number of halogens is 1. The molecule has 4 rings (SSSR count). The number of nitrogens with one attached hydrogen (secondary N) is 1. The molecule has 1 aliphatic rings.